The van der Waals surface area contributed by atoms with Crippen molar-refractivity contribution >= 4 is 52.6 Å². The molecule has 34 heavy (non-hydrogen) atoms. The van der Waals surface area contributed by atoms with E-state index in [0.717, 1.165) is 27.1 Å². The molecule has 0 aliphatic carbocycles. The molecule has 0 aromatic heterocycles. The molecule has 2 aromatic rings. The van der Waals surface area contributed by atoms with Gasteiger partial charge in [0.1, 0.15) is 6.04 Å². The molecule has 178 valence electrons. The summed E-state index contributed by atoms with van der Waals surface area (Å²) in [6, 6.07) is 15.6. The van der Waals surface area contributed by atoms with Crippen LogP contribution < -0.4 is 10.6 Å². The van der Waals surface area contributed by atoms with Gasteiger partial charge in [-0.2, -0.15) is 0 Å². The van der Waals surface area contributed by atoms with Crippen molar-refractivity contribution in [3.8, 4) is 0 Å². The largest absolute Gasteiger partial charge is 0.353 e. The summed E-state index contributed by atoms with van der Waals surface area (Å²) in [4.78, 5) is 52.8. The third-order valence-corrected chi connectivity index (χ3v) is 6.84. The summed E-state index contributed by atoms with van der Waals surface area (Å²) < 4.78 is 0. The van der Waals surface area contributed by atoms with Crippen molar-refractivity contribution in [3.05, 3.63) is 70.6 Å². The number of carbonyl (C=O) groups is 4. The first-order chi connectivity index (χ1) is 16.3. The number of hydrogen-bond acceptors (Lipinski definition) is 6. The number of amides is 4. The monoisotopic (exact) mass is 497 g/mol. The van der Waals surface area contributed by atoms with E-state index in [1.807, 2.05) is 50.4 Å². The minimum Gasteiger partial charge on any atom is -0.353 e. The lowest BCUT2D eigenvalue weighted by molar-refractivity contribution is -0.125. The zero-order valence-electron chi connectivity index (χ0n) is 19.2. The van der Waals surface area contributed by atoms with Crippen LogP contribution in [0.4, 0.5) is 4.79 Å². The van der Waals surface area contributed by atoms with Gasteiger partial charge in [-0.15, -0.1) is 11.8 Å². The van der Waals surface area contributed by atoms with Gasteiger partial charge in [-0.3, -0.25) is 24.1 Å². The van der Waals surface area contributed by atoms with Crippen LogP contribution in [0, 0.1) is 5.92 Å². The van der Waals surface area contributed by atoms with Crippen LogP contribution in [0.25, 0.3) is 6.08 Å². The highest BCUT2D eigenvalue weighted by Crippen LogP contribution is 2.32. The normalized spacial score (nSPS) is 15.6. The summed E-state index contributed by atoms with van der Waals surface area (Å²) >= 11 is 2.51. The third-order valence-electron chi connectivity index (χ3n) is 5.19. The van der Waals surface area contributed by atoms with E-state index in [2.05, 4.69) is 10.6 Å². The molecule has 7 nitrogen and oxygen atoms in total. The quantitative estimate of drug-likeness (QED) is 0.401. The van der Waals surface area contributed by atoms with E-state index in [-0.39, 0.29) is 42.0 Å². The molecule has 0 spiro atoms. The Hall–Kier alpha value is -3.04. The fourth-order valence-corrected chi connectivity index (χ4v) is 4.57. The van der Waals surface area contributed by atoms with E-state index in [9.17, 15) is 19.2 Å². The third kappa shape index (κ3) is 6.51. The van der Waals surface area contributed by atoms with Crippen molar-refractivity contribution in [2.75, 3.05) is 19.3 Å². The van der Waals surface area contributed by atoms with Crippen molar-refractivity contribution in [2.45, 2.75) is 24.8 Å². The SMILES string of the molecule is CSc1ccc(/C=C2\SC(=O)N(CCNC(=O)[C@H](NC(=O)c3ccccc3)C(C)C)C2=O)cc1. The van der Waals surface area contributed by atoms with Crippen LogP contribution in [-0.2, 0) is 9.59 Å². The summed E-state index contributed by atoms with van der Waals surface area (Å²) in [5.41, 5.74) is 1.30. The predicted octanol–water partition coefficient (Wildman–Crippen LogP) is 4.02. The maximum absolute atomic E-state index is 12.7. The zero-order chi connectivity index (χ0) is 24.7. The Labute approximate surface area is 207 Å². The molecule has 0 bridgehead atoms. The molecule has 1 heterocycles. The zero-order valence-corrected chi connectivity index (χ0v) is 20.9. The van der Waals surface area contributed by atoms with E-state index >= 15 is 0 Å². The number of benzene rings is 2. The fraction of sp³-hybridized carbons (Fsp3) is 0.280. The predicted molar refractivity (Wildman–Crippen MR) is 136 cm³/mol. The first kappa shape index (κ1) is 25.6. The summed E-state index contributed by atoms with van der Waals surface area (Å²) in [5.74, 6) is -1.23. The molecule has 3 rings (SSSR count). The number of nitrogens with one attached hydrogen (secondary N) is 2. The summed E-state index contributed by atoms with van der Waals surface area (Å²) in [6.45, 7) is 3.82. The Bertz CT molecular complexity index is 1090. The van der Waals surface area contributed by atoms with Crippen LogP contribution in [0.15, 0.2) is 64.4 Å². The molecule has 1 fully saturated rings. The first-order valence-electron chi connectivity index (χ1n) is 10.8. The number of thioether (sulfide) groups is 2. The second-order valence-corrected chi connectivity index (χ2v) is 9.83. The van der Waals surface area contributed by atoms with Crippen LogP contribution in [-0.4, -0.2) is 53.2 Å². The molecule has 0 saturated carbocycles. The number of rotatable bonds is 9. The lowest BCUT2D eigenvalue weighted by Crippen LogP contribution is -2.51. The molecule has 1 aliphatic heterocycles. The number of nitrogens with zero attached hydrogens (tertiary/aromatic N) is 1. The molecule has 2 N–H and O–H groups in total. The number of hydrogen-bond donors (Lipinski definition) is 2. The Morgan fingerprint density at radius 2 is 1.74 bits per heavy atom. The lowest BCUT2D eigenvalue weighted by atomic mass is 10.0. The van der Waals surface area contributed by atoms with E-state index in [1.165, 1.54) is 0 Å². The van der Waals surface area contributed by atoms with Crippen molar-refractivity contribution < 1.29 is 19.2 Å². The van der Waals surface area contributed by atoms with E-state index in [4.69, 9.17) is 0 Å². The van der Waals surface area contributed by atoms with Crippen molar-refractivity contribution in [1.82, 2.24) is 15.5 Å². The molecule has 1 aliphatic rings. The Kier molecular flexibility index (Phi) is 8.95. The van der Waals surface area contributed by atoms with Crippen molar-refractivity contribution in [3.63, 3.8) is 0 Å². The molecule has 1 saturated heterocycles. The average Bonchev–Trinajstić information content (AvgIpc) is 3.10. The lowest BCUT2D eigenvalue weighted by Gasteiger charge is -2.22. The maximum Gasteiger partial charge on any atom is 0.293 e. The van der Waals surface area contributed by atoms with E-state index in [1.54, 1.807) is 42.1 Å². The standard InChI is InChI=1S/C25H27N3O4S2/c1-16(2)21(27-22(29)18-7-5-4-6-8-18)23(30)26-13-14-28-24(31)20(34-25(28)32)15-17-9-11-19(33-3)12-10-17/h4-12,15-16,21H,13-14H2,1-3H3,(H,26,30)(H,27,29)/b20-15-/t21-/m1/s1. The van der Waals surface area contributed by atoms with Gasteiger partial charge in [-0.1, -0.05) is 44.2 Å². The van der Waals surface area contributed by atoms with Gasteiger partial charge in [-0.05, 0) is 59.8 Å². The smallest absolute Gasteiger partial charge is 0.293 e. The van der Waals surface area contributed by atoms with Gasteiger partial charge in [-0.25, -0.2) is 0 Å². The molecular weight excluding hydrogens is 470 g/mol. The number of imide groups is 1. The van der Waals surface area contributed by atoms with Gasteiger partial charge in [0, 0.05) is 23.5 Å². The van der Waals surface area contributed by atoms with Gasteiger partial charge >= 0.3 is 0 Å². The van der Waals surface area contributed by atoms with Crippen LogP contribution in [0.1, 0.15) is 29.8 Å². The number of carbonyl (C=O) groups excluding carboxylic acids is 4. The molecule has 1 atom stereocenters. The summed E-state index contributed by atoms with van der Waals surface area (Å²) in [6.07, 6.45) is 3.68. The maximum atomic E-state index is 12.7. The van der Waals surface area contributed by atoms with Gasteiger partial charge in [0.2, 0.25) is 5.91 Å². The fourth-order valence-electron chi connectivity index (χ4n) is 3.29. The topological polar surface area (TPSA) is 95.6 Å². The van der Waals surface area contributed by atoms with Crippen LogP contribution in [0.3, 0.4) is 0 Å². The minimum absolute atomic E-state index is 0.0522. The second kappa shape index (κ2) is 11.9. The van der Waals surface area contributed by atoms with Crippen molar-refractivity contribution in [1.29, 1.82) is 0 Å². The highest BCUT2D eigenvalue weighted by Gasteiger charge is 2.35. The molecule has 4 amide bonds. The minimum atomic E-state index is -0.744. The molecule has 0 radical (unpaired) electrons. The summed E-state index contributed by atoms with van der Waals surface area (Å²) in [7, 11) is 0. The Balaban J connectivity index is 1.56. The second-order valence-electron chi connectivity index (χ2n) is 7.96. The van der Waals surface area contributed by atoms with Crippen LogP contribution >= 0.6 is 23.5 Å². The van der Waals surface area contributed by atoms with Gasteiger partial charge in [0.15, 0.2) is 0 Å². The molecule has 0 unspecified atom stereocenters. The van der Waals surface area contributed by atoms with Gasteiger partial charge < -0.3 is 10.6 Å². The average molecular weight is 498 g/mol. The van der Waals surface area contributed by atoms with Gasteiger partial charge in [0.05, 0.1) is 4.91 Å². The highest BCUT2D eigenvalue weighted by molar-refractivity contribution is 8.18. The summed E-state index contributed by atoms with van der Waals surface area (Å²) in [5, 5.41) is 5.12. The Morgan fingerprint density at radius 3 is 2.35 bits per heavy atom. The van der Waals surface area contributed by atoms with E-state index in [0.29, 0.717) is 10.5 Å². The molecular formula is C25H27N3O4S2. The van der Waals surface area contributed by atoms with Crippen LogP contribution in [0.5, 0.6) is 0 Å². The highest BCUT2D eigenvalue weighted by atomic mass is 32.2. The first-order valence-corrected chi connectivity index (χ1v) is 12.9. The van der Waals surface area contributed by atoms with Crippen molar-refractivity contribution in [2.24, 2.45) is 5.92 Å². The molecule has 2 aromatic carbocycles. The Morgan fingerprint density at radius 1 is 1.06 bits per heavy atom. The molecule has 9 heteroatoms. The van der Waals surface area contributed by atoms with E-state index < -0.39 is 6.04 Å². The van der Waals surface area contributed by atoms with Crippen LogP contribution in [0.2, 0.25) is 0 Å². The van der Waals surface area contributed by atoms with Gasteiger partial charge in [0.25, 0.3) is 17.1 Å².